The van der Waals surface area contributed by atoms with E-state index in [9.17, 15) is 23.1 Å². The van der Waals surface area contributed by atoms with E-state index in [0.717, 1.165) is 16.7 Å². The minimum Gasteiger partial charge on any atom is -0.494 e. The van der Waals surface area contributed by atoms with Crippen LogP contribution in [0.25, 0.3) is 16.5 Å². The molecule has 4 aromatic rings. The zero-order valence-electron chi connectivity index (χ0n) is 15.8. The monoisotopic (exact) mass is 442 g/mol. The largest absolute Gasteiger partial charge is 0.494 e. The molecule has 0 unspecified atom stereocenters. The highest BCUT2D eigenvalue weighted by atomic mass is 35.5. The number of alkyl halides is 3. The van der Waals surface area contributed by atoms with Crippen LogP contribution in [-0.2, 0) is 6.18 Å². The topological polar surface area (TPSA) is 54.6 Å². The Kier molecular flexibility index (Phi) is 5.29. The maximum Gasteiger partial charge on any atom is 0.416 e. The molecule has 1 heterocycles. The second-order valence-corrected chi connectivity index (χ2v) is 7.15. The van der Waals surface area contributed by atoms with Crippen LogP contribution in [-0.4, -0.2) is 15.9 Å². The number of pyridine rings is 1. The van der Waals surface area contributed by atoms with Crippen molar-refractivity contribution in [3.8, 4) is 11.6 Å². The number of benzene rings is 3. The van der Waals surface area contributed by atoms with Crippen LogP contribution in [0.15, 0.2) is 82.6 Å². The van der Waals surface area contributed by atoms with Crippen molar-refractivity contribution in [3.63, 3.8) is 0 Å². The normalized spacial score (nSPS) is 12.0. The maximum atomic E-state index is 13.2. The van der Waals surface area contributed by atoms with Crippen molar-refractivity contribution in [1.82, 2.24) is 4.57 Å². The number of halogens is 4. The summed E-state index contributed by atoms with van der Waals surface area (Å²) < 4.78 is 40.4. The Morgan fingerprint density at radius 2 is 1.65 bits per heavy atom. The first-order chi connectivity index (χ1) is 14.8. The molecule has 0 bridgehead atoms. The molecule has 31 heavy (non-hydrogen) atoms. The van der Waals surface area contributed by atoms with Gasteiger partial charge in [0.25, 0.3) is 5.56 Å². The Morgan fingerprint density at radius 3 is 2.35 bits per heavy atom. The SMILES string of the molecule is O=c1c2ccccc2c(C=Nc2cccc(Cl)c2)c(O)n1-c1cccc(C(F)(F)F)c1. The first-order valence-electron chi connectivity index (χ1n) is 9.10. The van der Waals surface area contributed by atoms with Gasteiger partial charge in [-0.1, -0.05) is 41.9 Å². The molecule has 4 nitrogen and oxygen atoms in total. The Labute approximate surface area is 179 Å². The van der Waals surface area contributed by atoms with E-state index in [0.29, 0.717) is 16.1 Å². The third-order valence-corrected chi connectivity index (χ3v) is 4.92. The van der Waals surface area contributed by atoms with Crippen LogP contribution in [0.2, 0.25) is 5.02 Å². The van der Waals surface area contributed by atoms with Gasteiger partial charge < -0.3 is 5.11 Å². The number of aromatic hydroxyl groups is 1. The van der Waals surface area contributed by atoms with E-state index in [1.54, 1.807) is 42.5 Å². The Bertz CT molecular complexity index is 1380. The number of hydrogen-bond donors (Lipinski definition) is 1. The van der Waals surface area contributed by atoms with E-state index in [1.165, 1.54) is 24.4 Å². The Balaban J connectivity index is 1.97. The molecular formula is C23H14ClF3N2O2. The lowest BCUT2D eigenvalue weighted by Crippen LogP contribution is -2.20. The first-order valence-corrected chi connectivity index (χ1v) is 9.47. The second-order valence-electron chi connectivity index (χ2n) is 6.71. The maximum absolute atomic E-state index is 13.2. The number of aliphatic imine (C=N–C) groups is 1. The van der Waals surface area contributed by atoms with Gasteiger partial charge in [-0.15, -0.1) is 0 Å². The van der Waals surface area contributed by atoms with Gasteiger partial charge in [0.05, 0.1) is 22.5 Å². The molecule has 0 aliphatic rings. The molecule has 0 atom stereocenters. The van der Waals surface area contributed by atoms with E-state index in [4.69, 9.17) is 11.6 Å². The van der Waals surface area contributed by atoms with Gasteiger partial charge in [0, 0.05) is 22.0 Å². The summed E-state index contributed by atoms with van der Waals surface area (Å²) in [5.41, 5.74) is -0.994. The molecule has 0 aliphatic heterocycles. The van der Waals surface area contributed by atoms with Gasteiger partial charge in [-0.3, -0.25) is 9.79 Å². The summed E-state index contributed by atoms with van der Waals surface area (Å²) >= 11 is 5.97. The van der Waals surface area contributed by atoms with Crippen LogP contribution in [0, 0.1) is 0 Å². The van der Waals surface area contributed by atoms with Crippen molar-refractivity contribution in [3.05, 3.63) is 99.3 Å². The average molecular weight is 443 g/mol. The summed E-state index contributed by atoms with van der Waals surface area (Å²) in [5.74, 6) is -0.520. The van der Waals surface area contributed by atoms with Gasteiger partial charge in [0.1, 0.15) is 0 Å². The van der Waals surface area contributed by atoms with Crippen LogP contribution in [0.5, 0.6) is 5.88 Å². The third kappa shape index (κ3) is 4.04. The third-order valence-electron chi connectivity index (χ3n) is 4.69. The molecule has 4 rings (SSSR count). The van der Waals surface area contributed by atoms with E-state index in [-0.39, 0.29) is 16.6 Å². The number of fused-ring (bicyclic) bond motifs is 1. The molecule has 0 spiro atoms. The van der Waals surface area contributed by atoms with Crippen molar-refractivity contribution >= 4 is 34.3 Å². The van der Waals surface area contributed by atoms with Crippen LogP contribution >= 0.6 is 11.6 Å². The first kappa shape index (κ1) is 20.7. The summed E-state index contributed by atoms with van der Waals surface area (Å²) in [4.78, 5) is 17.3. The van der Waals surface area contributed by atoms with Gasteiger partial charge in [-0.2, -0.15) is 13.2 Å². The fourth-order valence-electron chi connectivity index (χ4n) is 3.25. The number of rotatable bonds is 3. The van der Waals surface area contributed by atoms with Crippen molar-refractivity contribution in [2.75, 3.05) is 0 Å². The van der Waals surface area contributed by atoms with Gasteiger partial charge in [-0.25, -0.2) is 4.57 Å². The molecule has 0 amide bonds. The Hall–Kier alpha value is -3.58. The molecule has 0 aliphatic carbocycles. The zero-order valence-corrected chi connectivity index (χ0v) is 16.5. The van der Waals surface area contributed by atoms with Gasteiger partial charge in [0.2, 0.25) is 5.88 Å². The quantitative estimate of drug-likeness (QED) is 0.389. The average Bonchev–Trinajstić information content (AvgIpc) is 2.73. The molecule has 0 radical (unpaired) electrons. The van der Waals surface area contributed by atoms with E-state index < -0.39 is 23.2 Å². The van der Waals surface area contributed by atoms with Crippen molar-refractivity contribution in [2.24, 2.45) is 4.99 Å². The van der Waals surface area contributed by atoms with Gasteiger partial charge in [-0.05, 0) is 42.5 Å². The fraction of sp³-hybridized carbons (Fsp3) is 0.0435. The van der Waals surface area contributed by atoms with Crippen molar-refractivity contribution < 1.29 is 18.3 Å². The lowest BCUT2D eigenvalue weighted by atomic mass is 10.1. The van der Waals surface area contributed by atoms with E-state index in [2.05, 4.69) is 4.99 Å². The molecule has 3 aromatic carbocycles. The molecule has 0 saturated heterocycles. The van der Waals surface area contributed by atoms with Crippen LogP contribution in [0.3, 0.4) is 0 Å². The lowest BCUT2D eigenvalue weighted by Gasteiger charge is -2.15. The zero-order chi connectivity index (χ0) is 22.2. The van der Waals surface area contributed by atoms with Crippen molar-refractivity contribution in [2.45, 2.75) is 6.18 Å². The number of nitrogens with zero attached hydrogens (tertiary/aromatic N) is 2. The van der Waals surface area contributed by atoms with E-state index >= 15 is 0 Å². The minimum atomic E-state index is -4.59. The highest BCUT2D eigenvalue weighted by molar-refractivity contribution is 6.30. The molecular weight excluding hydrogens is 429 g/mol. The summed E-state index contributed by atoms with van der Waals surface area (Å²) in [6.45, 7) is 0. The number of aromatic nitrogens is 1. The minimum absolute atomic E-state index is 0.111. The number of hydrogen-bond acceptors (Lipinski definition) is 3. The van der Waals surface area contributed by atoms with Crippen LogP contribution in [0.1, 0.15) is 11.1 Å². The standard InChI is InChI=1S/C23H14ClF3N2O2/c24-15-6-4-7-16(12-15)28-13-20-18-9-1-2-10-19(18)21(30)29(22(20)31)17-8-3-5-14(11-17)23(25,26)27/h1-13,31H. The molecule has 156 valence electrons. The van der Waals surface area contributed by atoms with Gasteiger partial charge >= 0.3 is 6.18 Å². The van der Waals surface area contributed by atoms with Crippen LogP contribution < -0.4 is 5.56 Å². The van der Waals surface area contributed by atoms with Crippen LogP contribution in [0.4, 0.5) is 18.9 Å². The summed E-state index contributed by atoms with van der Waals surface area (Å²) in [7, 11) is 0. The van der Waals surface area contributed by atoms with E-state index in [1.807, 2.05) is 0 Å². The summed E-state index contributed by atoms with van der Waals surface area (Å²) in [5, 5.41) is 12.0. The molecule has 1 N–H and O–H groups in total. The van der Waals surface area contributed by atoms with Crippen molar-refractivity contribution in [1.29, 1.82) is 0 Å². The Morgan fingerprint density at radius 1 is 0.935 bits per heavy atom. The van der Waals surface area contributed by atoms with Gasteiger partial charge in [0.15, 0.2) is 0 Å². The summed E-state index contributed by atoms with van der Waals surface area (Å²) in [6, 6.07) is 17.4. The highest BCUT2D eigenvalue weighted by Gasteiger charge is 2.31. The smallest absolute Gasteiger partial charge is 0.416 e. The molecule has 0 saturated carbocycles. The predicted octanol–water partition coefficient (Wildman–Crippen LogP) is 6.12. The molecule has 1 aromatic heterocycles. The molecule has 0 fully saturated rings. The fourth-order valence-corrected chi connectivity index (χ4v) is 3.43. The highest BCUT2D eigenvalue weighted by Crippen LogP contribution is 2.32. The lowest BCUT2D eigenvalue weighted by molar-refractivity contribution is -0.137. The second kappa shape index (κ2) is 7.92. The molecule has 8 heteroatoms. The predicted molar refractivity (Wildman–Crippen MR) is 115 cm³/mol. The summed E-state index contributed by atoms with van der Waals surface area (Å²) in [6.07, 6.45) is -3.24.